The highest BCUT2D eigenvalue weighted by Gasteiger charge is 2.04. The standard InChI is InChI=1S/C12H18N2O/c1-5-10-8-11(13-9(2)15)6-7-12(10)14(3)4/h6-8H,5H2,1-4H3,(H,13,15). The van der Waals surface area contributed by atoms with Crippen LogP contribution in [0.5, 0.6) is 0 Å². The molecule has 0 unspecified atom stereocenters. The van der Waals surface area contributed by atoms with Crippen LogP contribution in [0.4, 0.5) is 11.4 Å². The summed E-state index contributed by atoms with van der Waals surface area (Å²) in [4.78, 5) is 13.0. The molecule has 0 radical (unpaired) electrons. The zero-order chi connectivity index (χ0) is 11.4. The maximum Gasteiger partial charge on any atom is 0.221 e. The Morgan fingerprint density at radius 2 is 2.07 bits per heavy atom. The van der Waals surface area contributed by atoms with E-state index in [-0.39, 0.29) is 5.91 Å². The first-order valence-electron chi connectivity index (χ1n) is 5.12. The van der Waals surface area contributed by atoms with Crippen LogP contribution < -0.4 is 10.2 Å². The molecule has 0 heterocycles. The van der Waals surface area contributed by atoms with Crippen molar-refractivity contribution in [3.05, 3.63) is 23.8 Å². The van der Waals surface area contributed by atoms with Crippen LogP contribution in [0.2, 0.25) is 0 Å². The van der Waals surface area contributed by atoms with Gasteiger partial charge >= 0.3 is 0 Å². The lowest BCUT2D eigenvalue weighted by Gasteiger charge is -2.17. The molecule has 0 aliphatic heterocycles. The minimum atomic E-state index is -0.0327. The SMILES string of the molecule is CCc1cc(NC(C)=O)ccc1N(C)C. The van der Waals surface area contributed by atoms with Gasteiger partial charge < -0.3 is 10.2 Å². The first-order valence-corrected chi connectivity index (χ1v) is 5.12. The van der Waals surface area contributed by atoms with Crippen LogP contribution in [-0.4, -0.2) is 20.0 Å². The van der Waals surface area contributed by atoms with Gasteiger partial charge in [0.1, 0.15) is 0 Å². The molecule has 1 rings (SSSR count). The molecule has 0 fully saturated rings. The van der Waals surface area contributed by atoms with E-state index in [0.717, 1.165) is 12.1 Å². The summed E-state index contributed by atoms with van der Waals surface area (Å²) in [5.74, 6) is -0.0327. The summed E-state index contributed by atoms with van der Waals surface area (Å²) in [6.45, 7) is 3.63. The number of carbonyl (C=O) groups is 1. The van der Waals surface area contributed by atoms with Gasteiger partial charge in [0, 0.05) is 32.4 Å². The molecule has 1 N–H and O–H groups in total. The van der Waals surface area contributed by atoms with Crippen molar-refractivity contribution in [3.8, 4) is 0 Å². The van der Waals surface area contributed by atoms with Crippen LogP contribution in [-0.2, 0) is 11.2 Å². The lowest BCUT2D eigenvalue weighted by Crippen LogP contribution is -2.12. The van der Waals surface area contributed by atoms with Crippen molar-refractivity contribution in [3.63, 3.8) is 0 Å². The Morgan fingerprint density at radius 3 is 2.53 bits per heavy atom. The number of hydrogen-bond donors (Lipinski definition) is 1. The van der Waals surface area contributed by atoms with Crippen LogP contribution >= 0.6 is 0 Å². The number of anilines is 2. The molecule has 82 valence electrons. The van der Waals surface area contributed by atoms with E-state index >= 15 is 0 Å². The van der Waals surface area contributed by atoms with E-state index in [0.29, 0.717) is 0 Å². The quantitative estimate of drug-likeness (QED) is 0.822. The van der Waals surface area contributed by atoms with Crippen molar-refractivity contribution in [1.29, 1.82) is 0 Å². The number of rotatable bonds is 3. The molecule has 0 saturated carbocycles. The fourth-order valence-corrected chi connectivity index (χ4v) is 1.59. The Morgan fingerprint density at radius 1 is 1.40 bits per heavy atom. The van der Waals surface area contributed by atoms with E-state index in [2.05, 4.69) is 17.1 Å². The molecule has 1 amide bonds. The van der Waals surface area contributed by atoms with Gasteiger partial charge in [0.2, 0.25) is 5.91 Å². The maximum atomic E-state index is 10.9. The Bertz CT molecular complexity index is 359. The molecular formula is C12H18N2O. The molecule has 0 aromatic heterocycles. The molecule has 0 bridgehead atoms. The van der Waals surface area contributed by atoms with Crippen molar-refractivity contribution in [2.45, 2.75) is 20.3 Å². The second kappa shape index (κ2) is 4.82. The monoisotopic (exact) mass is 206 g/mol. The van der Waals surface area contributed by atoms with Gasteiger partial charge in [0.25, 0.3) is 0 Å². The van der Waals surface area contributed by atoms with E-state index in [1.165, 1.54) is 18.2 Å². The van der Waals surface area contributed by atoms with Crippen LogP contribution in [0, 0.1) is 0 Å². The summed E-state index contributed by atoms with van der Waals surface area (Å²) in [6, 6.07) is 5.98. The highest BCUT2D eigenvalue weighted by atomic mass is 16.1. The summed E-state index contributed by atoms with van der Waals surface area (Å²) in [7, 11) is 4.04. The highest BCUT2D eigenvalue weighted by Crippen LogP contribution is 2.23. The van der Waals surface area contributed by atoms with Crippen molar-refractivity contribution < 1.29 is 4.79 Å². The molecule has 0 saturated heterocycles. The van der Waals surface area contributed by atoms with Gasteiger partial charge in [0.05, 0.1) is 0 Å². The van der Waals surface area contributed by atoms with Crippen molar-refractivity contribution in [2.75, 3.05) is 24.3 Å². The average Bonchev–Trinajstić information content (AvgIpc) is 2.16. The number of nitrogens with zero attached hydrogens (tertiary/aromatic N) is 1. The lowest BCUT2D eigenvalue weighted by atomic mass is 10.1. The third-order valence-electron chi connectivity index (χ3n) is 2.26. The number of amides is 1. The Hall–Kier alpha value is -1.51. The third-order valence-corrected chi connectivity index (χ3v) is 2.26. The first kappa shape index (κ1) is 11.6. The Balaban J connectivity index is 3.02. The minimum Gasteiger partial charge on any atom is -0.377 e. The van der Waals surface area contributed by atoms with Gasteiger partial charge in [-0.2, -0.15) is 0 Å². The zero-order valence-corrected chi connectivity index (χ0v) is 9.79. The maximum absolute atomic E-state index is 10.9. The number of aryl methyl sites for hydroxylation is 1. The average molecular weight is 206 g/mol. The topological polar surface area (TPSA) is 32.3 Å². The Labute approximate surface area is 91.1 Å². The number of hydrogen-bond acceptors (Lipinski definition) is 2. The molecule has 0 aliphatic carbocycles. The molecule has 1 aromatic rings. The smallest absolute Gasteiger partial charge is 0.221 e. The molecular weight excluding hydrogens is 188 g/mol. The van der Waals surface area contributed by atoms with Crippen LogP contribution in [0.15, 0.2) is 18.2 Å². The van der Waals surface area contributed by atoms with Gasteiger partial charge in [-0.05, 0) is 30.2 Å². The van der Waals surface area contributed by atoms with E-state index < -0.39 is 0 Å². The minimum absolute atomic E-state index is 0.0327. The van der Waals surface area contributed by atoms with E-state index in [4.69, 9.17) is 0 Å². The van der Waals surface area contributed by atoms with Crippen LogP contribution in [0.3, 0.4) is 0 Å². The van der Waals surface area contributed by atoms with Crippen LogP contribution in [0.1, 0.15) is 19.4 Å². The van der Waals surface area contributed by atoms with E-state index in [1.807, 2.05) is 32.3 Å². The second-order valence-corrected chi connectivity index (χ2v) is 3.77. The molecule has 0 atom stereocenters. The summed E-state index contributed by atoms with van der Waals surface area (Å²) < 4.78 is 0. The van der Waals surface area contributed by atoms with Crippen molar-refractivity contribution in [2.24, 2.45) is 0 Å². The summed E-state index contributed by atoms with van der Waals surface area (Å²) >= 11 is 0. The number of benzene rings is 1. The van der Waals surface area contributed by atoms with Crippen LogP contribution in [0.25, 0.3) is 0 Å². The van der Waals surface area contributed by atoms with E-state index in [1.54, 1.807) is 0 Å². The molecule has 1 aromatic carbocycles. The highest BCUT2D eigenvalue weighted by molar-refractivity contribution is 5.89. The third kappa shape index (κ3) is 2.98. The first-order chi connectivity index (χ1) is 7.04. The largest absolute Gasteiger partial charge is 0.377 e. The van der Waals surface area contributed by atoms with Crippen molar-refractivity contribution in [1.82, 2.24) is 0 Å². The fraction of sp³-hybridized carbons (Fsp3) is 0.417. The second-order valence-electron chi connectivity index (χ2n) is 3.77. The van der Waals surface area contributed by atoms with Gasteiger partial charge in [-0.3, -0.25) is 4.79 Å². The summed E-state index contributed by atoms with van der Waals surface area (Å²) in [5.41, 5.74) is 3.31. The molecule has 3 nitrogen and oxygen atoms in total. The predicted molar refractivity (Wildman–Crippen MR) is 64.5 cm³/mol. The summed E-state index contributed by atoms with van der Waals surface area (Å²) in [6.07, 6.45) is 0.959. The normalized spacial score (nSPS) is 9.87. The molecule has 15 heavy (non-hydrogen) atoms. The lowest BCUT2D eigenvalue weighted by molar-refractivity contribution is -0.114. The predicted octanol–water partition coefficient (Wildman–Crippen LogP) is 2.27. The fourth-order valence-electron chi connectivity index (χ4n) is 1.59. The number of carbonyl (C=O) groups excluding carboxylic acids is 1. The van der Waals surface area contributed by atoms with Gasteiger partial charge in [-0.1, -0.05) is 6.92 Å². The van der Waals surface area contributed by atoms with E-state index in [9.17, 15) is 4.79 Å². The molecule has 0 spiro atoms. The van der Waals surface area contributed by atoms with Gasteiger partial charge in [0.15, 0.2) is 0 Å². The molecule has 0 aliphatic rings. The van der Waals surface area contributed by atoms with Gasteiger partial charge in [-0.15, -0.1) is 0 Å². The Kier molecular flexibility index (Phi) is 3.72. The number of nitrogens with one attached hydrogen (secondary N) is 1. The summed E-state index contributed by atoms with van der Waals surface area (Å²) in [5, 5.41) is 2.79. The molecule has 3 heteroatoms. The van der Waals surface area contributed by atoms with Crippen molar-refractivity contribution >= 4 is 17.3 Å². The zero-order valence-electron chi connectivity index (χ0n) is 9.79. The van der Waals surface area contributed by atoms with Gasteiger partial charge in [-0.25, -0.2) is 0 Å².